The predicted molar refractivity (Wildman–Crippen MR) is 77.5 cm³/mol. The number of pyridine rings is 1. The lowest BCUT2D eigenvalue weighted by Crippen LogP contribution is -2.33. The van der Waals surface area contributed by atoms with Gasteiger partial charge in [0.2, 0.25) is 0 Å². The van der Waals surface area contributed by atoms with Gasteiger partial charge in [0.25, 0.3) is 5.91 Å². The quantitative estimate of drug-likeness (QED) is 0.920. The van der Waals surface area contributed by atoms with Crippen molar-refractivity contribution >= 4 is 17.5 Å². The number of carbonyl (C=O) groups is 1. The smallest absolute Gasteiger partial charge is 0.272 e. The molecule has 0 spiro atoms. The van der Waals surface area contributed by atoms with Crippen LogP contribution in [-0.4, -0.2) is 34.0 Å². The Hall–Kier alpha value is -1.91. The van der Waals surface area contributed by atoms with Crippen molar-refractivity contribution in [2.24, 2.45) is 0 Å². The van der Waals surface area contributed by atoms with Crippen LogP contribution in [0.3, 0.4) is 0 Å². The summed E-state index contributed by atoms with van der Waals surface area (Å²) in [6, 6.07) is 12.8. The summed E-state index contributed by atoms with van der Waals surface area (Å²) in [5.41, 5.74) is 1.32. The van der Waals surface area contributed by atoms with Crippen LogP contribution in [0.25, 0.3) is 0 Å². The maximum atomic E-state index is 12.4. The fourth-order valence-corrected chi connectivity index (χ4v) is 1.95. The van der Waals surface area contributed by atoms with Crippen molar-refractivity contribution in [2.45, 2.75) is 6.54 Å². The zero-order valence-electron chi connectivity index (χ0n) is 10.9. The zero-order chi connectivity index (χ0) is 14.4. The Morgan fingerprint density at radius 2 is 1.95 bits per heavy atom. The van der Waals surface area contributed by atoms with Crippen molar-refractivity contribution in [1.82, 2.24) is 9.88 Å². The Morgan fingerprint density at radius 3 is 2.55 bits per heavy atom. The van der Waals surface area contributed by atoms with Crippen molar-refractivity contribution in [3.05, 3.63) is 64.9 Å². The van der Waals surface area contributed by atoms with Crippen LogP contribution in [0.5, 0.6) is 0 Å². The number of carbonyl (C=O) groups excluding carboxylic acids is 1. The lowest BCUT2D eigenvalue weighted by Gasteiger charge is -2.21. The van der Waals surface area contributed by atoms with E-state index in [1.54, 1.807) is 17.0 Å². The lowest BCUT2D eigenvalue weighted by atomic mass is 10.2. The summed E-state index contributed by atoms with van der Waals surface area (Å²) in [5, 5.41) is 9.60. The molecule has 0 saturated heterocycles. The van der Waals surface area contributed by atoms with E-state index in [9.17, 15) is 4.79 Å². The second-order valence-electron chi connectivity index (χ2n) is 4.30. The first-order valence-corrected chi connectivity index (χ1v) is 6.64. The molecule has 20 heavy (non-hydrogen) atoms. The molecule has 1 aromatic heterocycles. The summed E-state index contributed by atoms with van der Waals surface area (Å²) in [5.74, 6) is -0.223. The average molecular weight is 291 g/mol. The number of halogens is 1. The van der Waals surface area contributed by atoms with E-state index in [4.69, 9.17) is 16.7 Å². The fourth-order valence-electron chi connectivity index (χ4n) is 1.84. The third-order valence-corrected chi connectivity index (χ3v) is 3.04. The molecular formula is C15H15ClN2O2. The van der Waals surface area contributed by atoms with E-state index >= 15 is 0 Å². The molecule has 0 unspecified atom stereocenters. The largest absolute Gasteiger partial charge is 0.395 e. The summed E-state index contributed by atoms with van der Waals surface area (Å²) < 4.78 is 0. The minimum absolute atomic E-state index is 0.0911. The lowest BCUT2D eigenvalue weighted by molar-refractivity contribution is 0.0702. The van der Waals surface area contributed by atoms with Crippen LogP contribution in [0.1, 0.15) is 16.1 Å². The summed E-state index contributed by atoms with van der Waals surface area (Å²) in [6.07, 6.45) is 1.44. The maximum absolute atomic E-state index is 12.4. The highest BCUT2D eigenvalue weighted by Gasteiger charge is 2.16. The van der Waals surface area contributed by atoms with Crippen LogP contribution in [0.15, 0.2) is 48.7 Å². The Balaban J connectivity index is 2.15. The van der Waals surface area contributed by atoms with E-state index in [-0.39, 0.29) is 19.1 Å². The second-order valence-corrected chi connectivity index (χ2v) is 4.73. The van der Waals surface area contributed by atoms with Gasteiger partial charge in [-0.1, -0.05) is 41.9 Å². The number of benzene rings is 1. The molecule has 0 bridgehead atoms. The van der Waals surface area contributed by atoms with E-state index in [0.29, 0.717) is 17.3 Å². The van der Waals surface area contributed by atoms with Gasteiger partial charge in [-0.05, 0) is 17.7 Å². The van der Waals surface area contributed by atoms with Crippen LogP contribution in [0, 0.1) is 0 Å². The topological polar surface area (TPSA) is 53.4 Å². The number of aliphatic hydroxyl groups excluding tert-OH is 1. The first kappa shape index (κ1) is 14.5. The highest BCUT2D eigenvalue weighted by Crippen LogP contribution is 2.11. The SMILES string of the molecule is O=C(c1ccc(Cl)cn1)N(CCO)Cc1ccccc1. The standard InChI is InChI=1S/C15H15ClN2O2/c16-13-6-7-14(17-10-13)15(20)18(8-9-19)11-12-4-2-1-3-5-12/h1-7,10,19H,8-9,11H2. The van der Waals surface area contributed by atoms with Crippen molar-refractivity contribution < 1.29 is 9.90 Å². The van der Waals surface area contributed by atoms with Crippen LogP contribution in [0.4, 0.5) is 0 Å². The van der Waals surface area contributed by atoms with Crippen LogP contribution in [-0.2, 0) is 6.54 Å². The van der Waals surface area contributed by atoms with Crippen molar-refractivity contribution in [3.8, 4) is 0 Å². The van der Waals surface area contributed by atoms with Crippen LogP contribution < -0.4 is 0 Å². The molecular weight excluding hydrogens is 276 g/mol. The zero-order valence-corrected chi connectivity index (χ0v) is 11.6. The monoisotopic (exact) mass is 290 g/mol. The van der Waals surface area contributed by atoms with Gasteiger partial charge in [0.15, 0.2) is 0 Å². The molecule has 0 aliphatic carbocycles. The van der Waals surface area contributed by atoms with Gasteiger partial charge in [-0.2, -0.15) is 0 Å². The molecule has 2 rings (SSSR count). The van der Waals surface area contributed by atoms with Gasteiger partial charge in [-0.25, -0.2) is 4.98 Å². The number of nitrogens with zero attached hydrogens (tertiary/aromatic N) is 2. The highest BCUT2D eigenvalue weighted by molar-refractivity contribution is 6.30. The second kappa shape index (κ2) is 7.03. The van der Waals surface area contributed by atoms with Gasteiger partial charge >= 0.3 is 0 Å². The molecule has 1 aromatic carbocycles. The number of rotatable bonds is 5. The van der Waals surface area contributed by atoms with Crippen molar-refractivity contribution in [1.29, 1.82) is 0 Å². The number of hydrogen-bond acceptors (Lipinski definition) is 3. The summed E-state index contributed by atoms with van der Waals surface area (Å²) >= 11 is 5.76. The number of aliphatic hydroxyl groups is 1. The first-order valence-electron chi connectivity index (χ1n) is 6.26. The van der Waals surface area contributed by atoms with Gasteiger partial charge in [0.1, 0.15) is 5.69 Å². The van der Waals surface area contributed by atoms with E-state index in [1.807, 2.05) is 30.3 Å². The molecule has 1 heterocycles. The minimum atomic E-state index is -0.223. The third kappa shape index (κ3) is 3.79. The first-order chi connectivity index (χ1) is 9.70. The van der Waals surface area contributed by atoms with Crippen LogP contribution in [0.2, 0.25) is 5.02 Å². The molecule has 4 nitrogen and oxygen atoms in total. The molecule has 0 radical (unpaired) electrons. The number of hydrogen-bond donors (Lipinski definition) is 1. The van der Waals surface area contributed by atoms with Gasteiger partial charge in [0, 0.05) is 19.3 Å². The van der Waals surface area contributed by atoms with Crippen molar-refractivity contribution in [3.63, 3.8) is 0 Å². The molecule has 2 aromatic rings. The molecule has 0 aliphatic heterocycles. The Morgan fingerprint density at radius 1 is 1.20 bits per heavy atom. The summed E-state index contributed by atoms with van der Waals surface area (Å²) in [7, 11) is 0. The molecule has 1 N–H and O–H groups in total. The van der Waals surface area contributed by atoms with Gasteiger partial charge in [0.05, 0.1) is 11.6 Å². The van der Waals surface area contributed by atoms with E-state index < -0.39 is 0 Å². The van der Waals surface area contributed by atoms with E-state index in [0.717, 1.165) is 5.56 Å². The van der Waals surface area contributed by atoms with Crippen LogP contribution >= 0.6 is 11.6 Å². The number of aromatic nitrogens is 1. The molecule has 0 atom stereocenters. The molecule has 0 aliphatic rings. The third-order valence-electron chi connectivity index (χ3n) is 2.82. The highest BCUT2D eigenvalue weighted by atomic mass is 35.5. The molecule has 0 fully saturated rings. The molecule has 1 amide bonds. The fraction of sp³-hybridized carbons (Fsp3) is 0.200. The minimum Gasteiger partial charge on any atom is -0.395 e. The normalized spacial score (nSPS) is 10.3. The Labute approximate surface area is 122 Å². The van der Waals surface area contributed by atoms with Gasteiger partial charge < -0.3 is 10.0 Å². The number of amides is 1. The summed E-state index contributed by atoms with van der Waals surface area (Å²) in [6.45, 7) is 0.606. The van der Waals surface area contributed by atoms with Gasteiger partial charge in [-0.15, -0.1) is 0 Å². The molecule has 104 valence electrons. The molecule has 0 saturated carbocycles. The maximum Gasteiger partial charge on any atom is 0.272 e. The predicted octanol–water partition coefficient (Wildman–Crippen LogP) is 2.37. The Bertz CT molecular complexity index is 558. The summed E-state index contributed by atoms with van der Waals surface area (Å²) in [4.78, 5) is 17.9. The van der Waals surface area contributed by atoms with Crippen molar-refractivity contribution in [2.75, 3.05) is 13.2 Å². The van der Waals surface area contributed by atoms with E-state index in [2.05, 4.69) is 4.98 Å². The average Bonchev–Trinajstić information content (AvgIpc) is 2.48. The van der Waals surface area contributed by atoms with Gasteiger partial charge in [-0.3, -0.25) is 4.79 Å². The molecule has 5 heteroatoms. The Kier molecular flexibility index (Phi) is 5.09. The van der Waals surface area contributed by atoms with E-state index in [1.165, 1.54) is 6.20 Å².